The van der Waals surface area contributed by atoms with Crippen molar-refractivity contribution in [2.24, 2.45) is 10.9 Å². The highest BCUT2D eigenvalue weighted by Crippen LogP contribution is 2.23. The molecule has 26 heavy (non-hydrogen) atoms. The molecule has 0 saturated heterocycles. The average Bonchev–Trinajstić information content (AvgIpc) is 2.98. The van der Waals surface area contributed by atoms with Crippen molar-refractivity contribution >= 4 is 22.6 Å². The van der Waals surface area contributed by atoms with Gasteiger partial charge in [-0.1, -0.05) is 13.0 Å². The molecule has 1 atom stereocenters. The molecule has 1 aromatic heterocycles. The number of aliphatic carboxylic acids is 1. The highest BCUT2D eigenvalue weighted by Gasteiger charge is 2.38. The SMILES string of the molecule is CC(C)n1ncc2cc(C3=NC[C@@H](C)CC3)ccc21.O=C(O)C(F)(F)F. The molecule has 5 nitrogen and oxygen atoms in total. The molecule has 2 aromatic rings. The molecule has 1 aliphatic heterocycles. The predicted molar refractivity (Wildman–Crippen MR) is 93.6 cm³/mol. The van der Waals surface area contributed by atoms with E-state index in [2.05, 4.69) is 48.8 Å². The maximum absolute atomic E-state index is 10.6. The van der Waals surface area contributed by atoms with Gasteiger partial charge in [-0.2, -0.15) is 18.3 Å². The summed E-state index contributed by atoms with van der Waals surface area (Å²) in [4.78, 5) is 13.6. The Labute approximate surface area is 149 Å². The van der Waals surface area contributed by atoms with Gasteiger partial charge < -0.3 is 5.11 Å². The molecule has 0 amide bonds. The van der Waals surface area contributed by atoms with E-state index in [1.54, 1.807) is 0 Å². The number of fused-ring (bicyclic) bond motifs is 1. The number of benzene rings is 1. The summed E-state index contributed by atoms with van der Waals surface area (Å²) in [6.45, 7) is 7.56. The van der Waals surface area contributed by atoms with E-state index < -0.39 is 12.1 Å². The largest absolute Gasteiger partial charge is 0.490 e. The highest BCUT2D eigenvalue weighted by molar-refractivity contribution is 6.03. The second kappa shape index (κ2) is 7.88. The fraction of sp³-hybridized carbons (Fsp3) is 0.500. The number of alkyl halides is 3. The van der Waals surface area contributed by atoms with Crippen molar-refractivity contribution in [3.8, 4) is 0 Å². The molecule has 3 rings (SSSR count). The summed E-state index contributed by atoms with van der Waals surface area (Å²) in [6.07, 6.45) is -0.766. The Bertz CT molecular complexity index is 810. The summed E-state index contributed by atoms with van der Waals surface area (Å²) in [7, 11) is 0. The molecule has 0 spiro atoms. The van der Waals surface area contributed by atoms with Crippen LogP contribution in [-0.2, 0) is 4.79 Å². The van der Waals surface area contributed by atoms with Gasteiger partial charge >= 0.3 is 12.1 Å². The first-order valence-electron chi connectivity index (χ1n) is 8.40. The summed E-state index contributed by atoms with van der Waals surface area (Å²) >= 11 is 0. The van der Waals surface area contributed by atoms with E-state index in [0.717, 1.165) is 18.9 Å². The van der Waals surface area contributed by atoms with Crippen molar-refractivity contribution in [1.29, 1.82) is 0 Å². The summed E-state index contributed by atoms with van der Waals surface area (Å²) in [5, 5.41) is 12.8. The highest BCUT2D eigenvalue weighted by atomic mass is 19.4. The molecule has 1 aliphatic rings. The van der Waals surface area contributed by atoms with Crippen LogP contribution < -0.4 is 0 Å². The van der Waals surface area contributed by atoms with E-state index in [4.69, 9.17) is 14.9 Å². The van der Waals surface area contributed by atoms with Crippen LogP contribution in [0.2, 0.25) is 0 Å². The number of halogens is 3. The fourth-order valence-corrected chi connectivity index (χ4v) is 2.70. The lowest BCUT2D eigenvalue weighted by atomic mass is 9.95. The zero-order valence-electron chi connectivity index (χ0n) is 14.9. The summed E-state index contributed by atoms with van der Waals surface area (Å²) in [5.74, 6) is -2.02. The van der Waals surface area contributed by atoms with E-state index in [9.17, 15) is 13.2 Å². The summed E-state index contributed by atoms with van der Waals surface area (Å²) in [6, 6.07) is 7.00. The fourth-order valence-electron chi connectivity index (χ4n) is 2.70. The maximum Gasteiger partial charge on any atom is 0.490 e. The Kier molecular flexibility index (Phi) is 6.05. The van der Waals surface area contributed by atoms with Crippen molar-refractivity contribution in [3.05, 3.63) is 30.0 Å². The van der Waals surface area contributed by atoms with Crippen LogP contribution in [-0.4, -0.2) is 39.3 Å². The van der Waals surface area contributed by atoms with Gasteiger partial charge in [-0.15, -0.1) is 0 Å². The number of rotatable bonds is 2. The van der Waals surface area contributed by atoms with Gasteiger partial charge in [0.15, 0.2) is 0 Å². The molecule has 2 heterocycles. The van der Waals surface area contributed by atoms with Crippen LogP contribution in [0.1, 0.15) is 45.2 Å². The second-order valence-corrected chi connectivity index (χ2v) is 6.69. The lowest BCUT2D eigenvalue weighted by molar-refractivity contribution is -0.192. The van der Waals surface area contributed by atoms with Crippen LogP contribution in [0.15, 0.2) is 29.4 Å². The third-order valence-corrected chi connectivity index (χ3v) is 4.13. The van der Waals surface area contributed by atoms with Crippen LogP contribution in [0.5, 0.6) is 0 Å². The zero-order valence-corrected chi connectivity index (χ0v) is 14.9. The lowest BCUT2D eigenvalue weighted by Gasteiger charge is -2.17. The van der Waals surface area contributed by atoms with Crippen LogP contribution >= 0.6 is 0 Å². The van der Waals surface area contributed by atoms with E-state index in [-0.39, 0.29) is 0 Å². The molecular formula is C18H22F3N3O2. The lowest BCUT2D eigenvalue weighted by Crippen LogP contribution is -2.21. The smallest absolute Gasteiger partial charge is 0.475 e. The summed E-state index contributed by atoms with van der Waals surface area (Å²) in [5.41, 5.74) is 3.74. The maximum atomic E-state index is 10.6. The van der Waals surface area contributed by atoms with Gasteiger partial charge in [0.05, 0.1) is 11.7 Å². The van der Waals surface area contributed by atoms with E-state index in [0.29, 0.717) is 6.04 Å². The number of hydrogen-bond acceptors (Lipinski definition) is 3. The Morgan fingerprint density at radius 1 is 1.35 bits per heavy atom. The molecule has 8 heteroatoms. The van der Waals surface area contributed by atoms with Gasteiger partial charge in [0, 0.05) is 23.7 Å². The number of aliphatic imine (C=N–C) groups is 1. The first-order valence-corrected chi connectivity index (χ1v) is 8.40. The number of nitrogens with zero attached hydrogens (tertiary/aromatic N) is 3. The van der Waals surface area contributed by atoms with Crippen LogP contribution in [0.25, 0.3) is 10.9 Å². The molecule has 142 valence electrons. The topological polar surface area (TPSA) is 67.5 Å². The first kappa shape index (κ1) is 19.9. The first-order chi connectivity index (χ1) is 12.1. The quantitative estimate of drug-likeness (QED) is 0.849. The van der Waals surface area contributed by atoms with Gasteiger partial charge in [0.25, 0.3) is 0 Å². The number of aromatic nitrogens is 2. The number of carboxylic acid groups (broad SMARTS) is 1. The Balaban J connectivity index is 0.000000298. The zero-order chi connectivity index (χ0) is 19.5. The van der Waals surface area contributed by atoms with Crippen molar-refractivity contribution in [1.82, 2.24) is 9.78 Å². The van der Waals surface area contributed by atoms with Gasteiger partial charge in [-0.05, 0) is 50.3 Å². The molecule has 0 radical (unpaired) electrons. The van der Waals surface area contributed by atoms with Crippen molar-refractivity contribution in [3.63, 3.8) is 0 Å². The van der Waals surface area contributed by atoms with E-state index in [1.165, 1.54) is 28.6 Å². The van der Waals surface area contributed by atoms with E-state index >= 15 is 0 Å². The normalized spacial score (nSPS) is 17.7. The van der Waals surface area contributed by atoms with Crippen molar-refractivity contribution in [2.75, 3.05) is 6.54 Å². The molecule has 1 N–H and O–H groups in total. The van der Waals surface area contributed by atoms with E-state index in [1.807, 2.05) is 6.20 Å². The van der Waals surface area contributed by atoms with Crippen LogP contribution in [0.3, 0.4) is 0 Å². The predicted octanol–water partition coefficient (Wildman–Crippen LogP) is 4.47. The molecular weight excluding hydrogens is 347 g/mol. The Hall–Kier alpha value is -2.38. The minimum absolute atomic E-state index is 0.399. The molecule has 0 bridgehead atoms. The number of hydrogen-bond donors (Lipinski definition) is 1. The minimum atomic E-state index is -5.08. The van der Waals surface area contributed by atoms with Crippen LogP contribution in [0, 0.1) is 5.92 Å². The van der Waals surface area contributed by atoms with Gasteiger partial charge in [-0.25, -0.2) is 4.79 Å². The minimum Gasteiger partial charge on any atom is -0.475 e. The Morgan fingerprint density at radius 3 is 2.50 bits per heavy atom. The molecule has 0 saturated carbocycles. The summed E-state index contributed by atoms with van der Waals surface area (Å²) < 4.78 is 33.8. The van der Waals surface area contributed by atoms with Crippen LogP contribution in [0.4, 0.5) is 13.2 Å². The Morgan fingerprint density at radius 2 is 2.00 bits per heavy atom. The number of carbonyl (C=O) groups is 1. The third-order valence-electron chi connectivity index (χ3n) is 4.13. The van der Waals surface area contributed by atoms with Crippen molar-refractivity contribution in [2.45, 2.75) is 45.8 Å². The second-order valence-electron chi connectivity index (χ2n) is 6.69. The molecule has 0 fully saturated rings. The third kappa shape index (κ3) is 4.83. The van der Waals surface area contributed by atoms with Gasteiger partial charge in [0.2, 0.25) is 0 Å². The number of carboxylic acids is 1. The van der Waals surface area contributed by atoms with Crippen molar-refractivity contribution < 1.29 is 23.1 Å². The molecule has 1 aromatic carbocycles. The van der Waals surface area contributed by atoms with Gasteiger partial charge in [-0.3, -0.25) is 9.67 Å². The molecule has 0 unspecified atom stereocenters. The monoisotopic (exact) mass is 369 g/mol. The standard InChI is InChI=1S/C16H21N3.C2HF3O2/c1-11(2)19-16-7-5-13(8-14(16)10-18-19)15-6-4-12(3)9-17-15;3-2(4,5)1(6)7/h5,7-8,10-12H,4,6,9H2,1-3H3;(H,6,7)/t12-;/m0./s1. The molecule has 0 aliphatic carbocycles. The van der Waals surface area contributed by atoms with Gasteiger partial charge in [0.1, 0.15) is 0 Å². The average molecular weight is 369 g/mol.